The molecule has 0 spiro atoms. The number of rotatable bonds is 11. The van der Waals surface area contributed by atoms with Crippen LogP contribution in [0, 0.1) is 0 Å². The van der Waals surface area contributed by atoms with E-state index in [4.69, 9.17) is 10.8 Å². The quantitative estimate of drug-likeness (QED) is 0.263. The molecule has 0 bridgehead atoms. The van der Waals surface area contributed by atoms with E-state index in [0.717, 1.165) is 18.6 Å². The van der Waals surface area contributed by atoms with Crippen LogP contribution in [0.4, 0.5) is 0 Å². The van der Waals surface area contributed by atoms with Crippen molar-refractivity contribution in [1.29, 1.82) is 0 Å². The number of nitrogens with two attached hydrogens (primary N) is 1. The van der Waals surface area contributed by atoms with Crippen molar-refractivity contribution >= 4 is 36.3 Å². The molecule has 0 aromatic heterocycles. The monoisotopic (exact) mass is 308 g/mol. The van der Waals surface area contributed by atoms with E-state index < -0.39 is 12.0 Å². The predicted octanol–water partition coefficient (Wildman–Crippen LogP) is 1.47. The van der Waals surface area contributed by atoms with Gasteiger partial charge in [0.15, 0.2) is 0 Å². The number of carboxylic acid groups (broad SMARTS) is 1. The number of unbranched alkanes of at least 4 members (excludes halogenated alkanes) is 1. The smallest absolute Gasteiger partial charge is 0.320 e. The largest absolute Gasteiger partial charge is 0.480 e. The molecular weight excluding hydrogens is 284 g/mol. The van der Waals surface area contributed by atoms with Gasteiger partial charge in [0.25, 0.3) is 0 Å². The Morgan fingerprint density at radius 2 is 2.05 bits per heavy atom. The lowest BCUT2D eigenvalue weighted by Gasteiger charge is -2.07. The highest BCUT2D eigenvalue weighted by Gasteiger charge is 2.10. The summed E-state index contributed by atoms with van der Waals surface area (Å²) in [4.78, 5) is 21.9. The molecule has 0 aromatic rings. The van der Waals surface area contributed by atoms with E-state index in [0.29, 0.717) is 30.4 Å². The number of hydrogen-bond acceptors (Lipinski definition) is 5. The van der Waals surface area contributed by atoms with Gasteiger partial charge in [0.1, 0.15) is 6.04 Å². The third-order valence-corrected chi connectivity index (χ3v) is 3.94. The highest BCUT2D eigenvalue weighted by Crippen LogP contribution is 2.14. The highest BCUT2D eigenvalue weighted by molar-refractivity contribution is 8.10. The van der Waals surface area contributed by atoms with Gasteiger partial charge in [0.2, 0.25) is 5.91 Å². The lowest BCUT2D eigenvalue weighted by molar-refractivity contribution is -0.138. The van der Waals surface area contributed by atoms with Crippen LogP contribution in [0.1, 0.15) is 39.0 Å². The lowest BCUT2D eigenvalue weighted by atomic mass is 10.1. The first-order valence-corrected chi connectivity index (χ1v) is 8.04. The number of aliphatic carboxylic acids is 1. The first kappa shape index (κ1) is 18.6. The summed E-state index contributed by atoms with van der Waals surface area (Å²) < 4.78 is 0.307. The molecule has 0 fully saturated rings. The first-order valence-electron chi connectivity index (χ1n) is 6.48. The molecule has 19 heavy (non-hydrogen) atoms. The summed E-state index contributed by atoms with van der Waals surface area (Å²) in [6.07, 6.45) is 3.30. The van der Waals surface area contributed by atoms with E-state index in [1.165, 1.54) is 0 Å². The van der Waals surface area contributed by atoms with Crippen molar-refractivity contribution in [2.75, 3.05) is 12.3 Å². The van der Waals surface area contributed by atoms with Crippen molar-refractivity contribution in [2.24, 2.45) is 5.73 Å². The van der Waals surface area contributed by atoms with Crippen LogP contribution in [0.3, 0.4) is 0 Å². The highest BCUT2D eigenvalue weighted by atomic mass is 32.2. The van der Waals surface area contributed by atoms with E-state index in [-0.39, 0.29) is 5.91 Å². The third-order valence-electron chi connectivity index (χ3n) is 2.49. The van der Waals surface area contributed by atoms with Gasteiger partial charge in [0.05, 0.1) is 0 Å². The zero-order valence-corrected chi connectivity index (χ0v) is 13.0. The molecule has 0 radical (unpaired) electrons. The average molecular weight is 308 g/mol. The fourth-order valence-corrected chi connectivity index (χ4v) is 2.38. The SMILES string of the molecule is CC(S)SCCCC(=O)NCCCC[C@H](N)C(=O)O. The number of carbonyl (C=O) groups excluding carboxylic acids is 1. The molecule has 112 valence electrons. The minimum Gasteiger partial charge on any atom is -0.480 e. The molecule has 0 rings (SSSR count). The van der Waals surface area contributed by atoms with Crippen LogP contribution in [-0.2, 0) is 9.59 Å². The molecule has 0 aliphatic heterocycles. The zero-order valence-electron chi connectivity index (χ0n) is 11.3. The average Bonchev–Trinajstić information content (AvgIpc) is 2.33. The molecule has 5 nitrogen and oxygen atoms in total. The number of hydrogen-bond donors (Lipinski definition) is 4. The summed E-state index contributed by atoms with van der Waals surface area (Å²) in [6.45, 7) is 2.59. The summed E-state index contributed by atoms with van der Waals surface area (Å²) >= 11 is 5.97. The van der Waals surface area contributed by atoms with E-state index in [2.05, 4.69) is 17.9 Å². The number of carboxylic acids is 1. The molecule has 7 heteroatoms. The second-order valence-electron chi connectivity index (χ2n) is 4.36. The Balaban J connectivity index is 3.36. The van der Waals surface area contributed by atoms with Crippen LogP contribution in [0.2, 0.25) is 0 Å². The summed E-state index contributed by atoms with van der Waals surface area (Å²) in [7, 11) is 0. The standard InChI is InChI=1S/C12H24N2O3S2/c1-9(18)19-8-4-6-11(15)14-7-3-2-5-10(13)12(16)17/h9-10,18H,2-8,13H2,1H3,(H,14,15)(H,16,17)/t9?,10-/m0/s1. The molecule has 0 saturated heterocycles. The molecule has 1 amide bonds. The van der Waals surface area contributed by atoms with Crippen molar-refractivity contribution in [1.82, 2.24) is 5.32 Å². The van der Waals surface area contributed by atoms with E-state index in [1.807, 2.05) is 6.92 Å². The molecular formula is C12H24N2O3S2. The maximum Gasteiger partial charge on any atom is 0.320 e. The second-order valence-corrected chi connectivity index (χ2v) is 6.94. The molecule has 0 aliphatic rings. The van der Waals surface area contributed by atoms with Crippen LogP contribution >= 0.6 is 24.4 Å². The molecule has 0 aromatic carbocycles. The van der Waals surface area contributed by atoms with Crippen LogP contribution < -0.4 is 11.1 Å². The fraction of sp³-hybridized carbons (Fsp3) is 0.833. The second kappa shape index (κ2) is 11.4. The Bertz CT molecular complexity index is 276. The number of thiol groups is 1. The van der Waals surface area contributed by atoms with E-state index in [9.17, 15) is 9.59 Å². The first-order chi connectivity index (χ1) is 8.93. The van der Waals surface area contributed by atoms with Crippen molar-refractivity contribution in [3.8, 4) is 0 Å². The number of carbonyl (C=O) groups is 2. The van der Waals surface area contributed by atoms with Gasteiger partial charge < -0.3 is 16.2 Å². The van der Waals surface area contributed by atoms with Crippen molar-refractivity contribution in [3.05, 3.63) is 0 Å². The van der Waals surface area contributed by atoms with Gasteiger partial charge in [-0.15, -0.1) is 11.8 Å². The Labute approximate surface area is 124 Å². The third kappa shape index (κ3) is 12.4. The van der Waals surface area contributed by atoms with Crippen molar-refractivity contribution in [3.63, 3.8) is 0 Å². The summed E-state index contributed by atoms with van der Waals surface area (Å²) in [6, 6.07) is -0.795. The lowest BCUT2D eigenvalue weighted by Crippen LogP contribution is -2.30. The minimum atomic E-state index is -0.972. The van der Waals surface area contributed by atoms with Gasteiger partial charge in [-0.1, -0.05) is 0 Å². The van der Waals surface area contributed by atoms with Crippen molar-refractivity contribution < 1.29 is 14.7 Å². The number of thioether (sulfide) groups is 1. The maximum absolute atomic E-state index is 11.4. The van der Waals surface area contributed by atoms with Gasteiger partial charge >= 0.3 is 5.97 Å². The summed E-state index contributed by atoms with van der Waals surface area (Å²) in [5.74, 6) is 0.0147. The summed E-state index contributed by atoms with van der Waals surface area (Å²) in [5.41, 5.74) is 5.37. The fourth-order valence-electron chi connectivity index (χ4n) is 1.42. The van der Waals surface area contributed by atoms with Gasteiger partial charge in [-0.2, -0.15) is 12.6 Å². The number of amides is 1. The van der Waals surface area contributed by atoms with E-state index in [1.54, 1.807) is 11.8 Å². The van der Waals surface area contributed by atoms with Crippen LogP contribution in [-0.4, -0.2) is 39.9 Å². The van der Waals surface area contributed by atoms with E-state index >= 15 is 0 Å². The van der Waals surface area contributed by atoms with Gasteiger partial charge in [0, 0.05) is 17.5 Å². The molecule has 1 unspecified atom stereocenters. The Kier molecular flexibility index (Phi) is 11.2. The van der Waals surface area contributed by atoms with Crippen LogP contribution in [0.15, 0.2) is 0 Å². The maximum atomic E-state index is 11.4. The van der Waals surface area contributed by atoms with Gasteiger partial charge in [-0.05, 0) is 38.4 Å². The van der Waals surface area contributed by atoms with Gasteiger partial charge in [-0.3, -0.25) is 9.59 Å². The topological polar surface area (TPSA) is 92.4 Å². The molecule has 0 aliphatic carbocycles. The summed E-state index contributed by atoms with van der Waals surface area (Å²) in [5, 5.41) is 11.4. The normalized spacial score (nSPS) is 13.8. The minimum absolute atomic E-state index is 0.0509. The van der Waals surface area contributed by atoms with Crippen molar-refractivity contribution in [2.45, 2.75) is 49.7 Å². The van der Waals surface area contributed by atoms with Crippen LogP contribution in [0.25, 0.3) is 0 Å². The van der Waals surface area contributed by atoms with Crippen LogP contribution in [0.5, 0.6) is 0 Å². The predicted molar refractivity (Wildman–Crippen MR) is 82.6 cm³/mol. The number of nitrogens with one attached hydrogen (secondary N) is 1. The Hall–Kier alpha value is -0.400. The molecule has 4 N–H and O–H groups in total. The molecule has 0 heterocycles. The zero-order chi connectivity index (χ0) is 14.7. The molecule has 0 saturated carbocycles. The Morgan fingerprint density at radius 3 is 2.63 bits per heavy atom. The Morgan fingerprint density at radius 1 is 1.37 bits per heavy atom. The van der Waals surface area contributed by atoms with Gasteiger partial charge in [-0.25, -0.2) is 0 Å². The molecule has 2 atom stereocenters.